The minimum atomic E-state index is -0.272. The number of hydrogen-bond acceptors (Lipinski definition) is 4. The standard InChI is InChI=1S/C22H32N4O2/c1-14(2)6-9-22(13-17-4-5-19(22)25-17)21(28)26-10-7-16(8-11-26)18-12-20(27)24-15(3)23-18/h6,12,16-17,19,25H,4-5,7-11,13H2,1-3H3,(H,23,24,27)/t17-,19+,22+/m0/s1. The average Bonchev–Trinajstić information content (AvgIpc) is 3.27. The molecule has 0 unspecified atom stereocenters. The number of carbonyl (C=O) groups is 1. The van der Waals surface area contributed by atoms with E-state index in [0.717, 1.165) is 50.9 Å². The minimum absolute atomic E-state index is 0.0882. The predicted molar refractivity (Wildman–Crippen MR) is 109 cm³/mol. The molecule has 6 nitrogen and oxygen atoms in total. The van der Waals surface area contributed by atoms with E-state index in [1.807, 2.05) is 6.92 Å². The van der Waals surface area contributed by atoms with Crippen molar-refractivity contribution in [3.8, 4) is 0 Å². The average molecular weight is 385 g/mol. The molecule has 1 amide bonds. The fraction of sp³-hybridized carbons (Fsp3) is 0.682. The van der Waals surface area contributed by atoms with Crippen molar-refractivity contribution < 1.29 is 4.79 Å². The summed E-state index contributed by atoms with van der Waals surface area (Å²) >= 11 is 0. The van der Waals surface area contributed by atoms with E-state index in [4.69, 9.17) is 0 Å². The molecule has 0 aromatic carbocycles. The van der Waals surface area contributed by atoms with Crippen molar-refractivity contribution in [2.24, 2.45) is 5.41 Å². The molecule has 152 valence electrons. The van der Waals surface area contributed by atoms with Crippen molar-refractivity contribution in [2.45, 2.75) is 77.3 Å². The van der Waals surface area contributed by atoms with E-state index in [1.54, 1.807) is 6.07 Å². The van der Waals surface area contributed by atoms with Gasteiger partial charge in [0.15, 0.2) is 0 Å². The van der Waals surface area contributed by atoms with Gasteiger partial charge in [0.1, 0.15) is 5.82 Å². The quantitative estimate of drug-likeness (QED) is 0.783. The molecule has 4 heterocycles. The van der Waals surface area contributed by atoms with E-state index >= 15 is 0 Å². The molecule has 28 heavy (non-hydrogen) atoms. The van der Waals surface area contributed by atoms with Crippen LogP contribution in [-0.4, -0.2) is 45.9 Å². The number of allylic oxidation sites excluding steroid dienone is 2. The van der Waals surface area contributed by atoms with Crippen LogP contribution in [-0.2, 0) is 4.79 Å². The van der Waals surface area contributed by atoms with Crippen molar-refractivity contribution in [1.29, 1.82) is 0 Å². The highest BCUT2D eigenvalue weighted by molar-refractivity contribution is 5.85. The number of nitrogens with one attached hydrogen (secondary N) is 2. The van der Waals surface area contributed by atoms with Crippen LogP contribution in [0.3, 0.4) is 0 Å². The van der Waals surface area contributed by atoms with E-state index in [1.165, 1.54) is 12.0 Å². The lowest BCUT2D eigenvalue weighted by Gasteiger charge is -2.41. The largest absolute Gasteiger partial charge is 0.342 e. The van der Waals surface area contributed by atoms with Gasteiger partial charge in [0.25, 0.3) is 5.56 Å². The smallest absolute Gasteiger partial charge is 0.251 e. The van der Waals surface area contributed by atoms with Crippen LogP contribution in [0, 0.1) is 12.3 Å². The molecule has 3 aliphatic heterocycles. The molecule has 3 saturated heterocycles. The first-order chi connectivity index (χ1) is 13.4. The first kappa shape index (κ1) is 19.4. The van der Waals surface area contributed by atoms with Crippen LogP contribution < -0.4 is 10.9 Å². The molecule has 2 N–H and O–H groups in total. The molecule has 0 radical (unpaired) electrons. The molecule has 1 aromatic rings. The molecule has 1 aromatic heterocycles. The van der Waals surface area contributed by atoms with Crippen molar-refractivity contribution in [2.75, 3.05) is 13.1 Å². The minimum Gasteiger partial charge on any atom is -0.342 e. The second kappa shape index (κ2) is 7.47. The Labute approximate surface area is 166 Å². The van der Waals surface area contributed by atoms with Gasteiger partial charge in [-0.05, 0) is 59.3 Å². The molecule has 3 aliphatic rings. The third-order valence-corrected chi connectivity index (χ3v) is 6.90. The summed E-state index contributed by atoms with van der Waals surface area (Å²) in [4.78, 5) is 34.7. The maximum Gasteiger partial charge on any atom is 0.251 e. The summed E-state index contributed by atoms with van der Waals surface area (Å²) < 4.78 is 0. The number of likely N-dealkylation sites (tertiary alicyclic amines) is 1. The highest BCUT2D eigenvalue weighted by atomic mass is 16.2. The Balaban J connectivity index is 1.48. The number of amides is 1. The molecule has 0 saturated carbocycles. The lowest BCUT2D eigenvalue weighted by molar-refractivity contribution is -0.144. The van der Waals surface area contributed by atoms with E-state index < -0.39 is 0 Å². The maximum absolute atomic E-state index is 13.7. The van der Waals surface area contributed by atoms with E-state index in [2.05, 4.69) is 40.1 Å². The fourth-order valence-corrected chi connectivity index (χ4v) is 5.44. The molecule has 0 spiro atoms. The number of hydrogen-bond donors (Lipinski definition) is 2. The van der Waals surface area contributed by atoms with Gasteiger partial charge in [-0.25, -0.2) is 4.98 Å². The molecular formula is C22H32N4O2. The Morgan fingerprint density at radius 2 is 2.04 bits per heavy atom. The molecule has 0 aliphatic carbocycles. The van der Waals surface area contributed by atoms with Gasteiger partial charge >= 0.3 is 0 Å². The van der Waals surface area contributed by atoms with Gasteiger partial charge in [-0.1, -0.05) is 11.6 Å². The first-order valence-corrected chi connectivity index (χ1v) is 10.6. The van der Waals surface area contributed by atoms with Crippen LogP contribution in [0.15, 0.2) is 22.5 Å². The van der Waals surface area contributed by atoms with Crippen LogP contribution in [0.2, 0.25) is 0 Å². The molecule has 4 rings (SSSR count). The monoisotopic (exact) mass is 384 g/mol. The number of piperidine rings is 1. The van der Waals surface area contributed by atoms with Crippen molar-refractivity contribution in [3.05, 3.63) is 39.6 Å². The number of fused-ring (bicyclic) bond motifs is 2. The van der Waals surface area contributed by atoms with E-state index in [-0.39, 0.29) is 16.9 Å². The van der Waals surface area contributed by atoms with E-state index in [0.29, 0.717) is 23.8 Å². The summed E-state index contributed by atoms with van der Waals surface area (Å²) in [5.74, 6) is 1.25. The number of aromatic amines is 1. The maximum atomic E-state index is 13.7. The summed E-state index contributed by atoms with van der Waals surface area (Å²) in [6, 6.07) is 2.43. The van der Waals surface area contributed by atoms with Gasteiger partial charge in [-0.2, -0.15) is 0 Å². The number of aromatic nitrogens is 2. The van der Waals surface area contributed by atoms with Crippen molar-refractivity contribution in [3.63, 3.8) is 0 Å². The Kier molecular flexibility index (Phi) is 5.17. The van der Waals surface area contributed by atoms with Crippen LogP contribution in [0.4, 0.5) is 0 Å². The fourth-order valence-electron chi connectivity index (χ4n) is 5.44. The van der Waals surface area contributed by atoms with Gasteiger partial charge in [0.05, 0.1) is 11.1 Å². The summed E-state index contributed by atoms with van der Waals surface area (Å²) in [6.07, 6.45) is 8.12. The molecule has 6 heteroatoms. The first-order valence-electron chi connectivity index (χ1n) is 10.6. The second-order valence-electron chi connectivity index (χ2n) is 9.16. The highest BCUT2D eigenvalue weighted by Crippen LogP contribution is 2.48. The van der Waals surface area contributed by atoms with Gasteiger partial charge in [-0.15, -0.1) is 0 Å². The van der Waals surface area contributed by atoms with Crippen LogP contribution in [0.1, 0.15) is 69.8 Å². The summed E-state index contributed by atoms with van der Waals surface area (Å²) in [7, 11) is 0. The summed E-state index contributed by atoms with van der Waals surface area (Å²) in [6.45, 7) is 7.55. The molecular weight excluding hydrogens is 352 g/mol. The summed E-state index contributed by atoms with van der Waals surface area (Å²) in [5.41, 5.74) is 1.79. The SMILES string of the molecule is CC(C)=CC[C@@]1(C(=O)N2CCC(c3cc(=O)[nH]c(C)n3)CC2)C[C@@H]2CC[C@H]1N2. The van der Waals surface area contributed by atoms with Crippen LogP contribution >= 0.6 is 0 Å². The third-order valence-electron chi connectivity index (χ3n) is 6.90. The van der Waals surface area contributed by atoms with Crippen LogP contribution in [0.5, 0.6) is 0 Å². The Morgan fingerprint density at radius 1 is 1.29 bits per heavy atom. The normalized spacial score (nSPS) is 29.9. The molecule has 2 bridgehead atoms. The van der Waals surface area contributed by atoms with Gasteiger partial charge in [0.2, 0.25) is 5.91 Å². The zero-order valence-corrected chi connectivity index (χ0v) is 17.3. The topological polar surface area (TPSA) is 78.1 Å². The Bertz CT molecular complexity index is 833. The molecule has 3 atom stereocenters. The lowest BCUT2D eigenvalue weighted by atomic mass is 9.70. The van der Waals surface area contributed by atoms with Crippen LogP contribution in [0.25, 0.3) is 0 Å². The number of nitrogens with zero attached hydrogens (tertiary/aromatic N) is 2. The van der Waals surface area contributed by atoms with Crippen molar-refractivity contribution >= 4 is 5.91 Å². The zero-order chi connectivity index (χ0) is 19.9. The van der Waals surface area contributed by atoms with E-state index in [9.17, 15) is 9.59 Å². The third kappa shape index (κ3) is 3.54. The number of rotatable bonds is 4. The zero-order valence-electron chi connectivity index (χ0n) is 17.3. The number of carbonyl (C=O) groups excluding carboxylic acids is 1. The molecule has 3 fully saturated rings. The summed E-state index contributed by atoms with van der Waals surface area (Å²) in [5, 5.41) is 3.68. The van der Waals surface area contributed by atoms with Gasteiger partial charge < -0.3 is 15.2 Å². The predicted octanol–water partition coefficient (Wildman–Crippen LogP) is 2.65. The Hall–Kier alpha value is -1.95. The number of aryl methyl sites for hydroxylation is 1. The number of H-pyrrole nitrogens is 1. The Morgan fingerprint density at radius 3 is 2.61 bits per heavy atom. The van der Waals surface area contributed by atoms with Crippen molar-refractivity contribution in [1.82, 2.24) is 20.2 Å². The second-order valence-corrected chi connectivity index (χ2v) is 9.16. The van der Waals surface area contributed by atoms with Gasteiger partial charge in [0, 0.05) is 37.2 Å². The van der Waals surface area contributed by atoms with Gasteiger partial charge in [-0.3, -0.25) is 9.59 Å². The lowest BCUT2D eigenvalue weighted by Crippen LogP contribution is -2.52. The highest BCUT2D eigenvalue weighted by Gasteiger charge is 2.56.